The van der Waals surface area contributed by atoms with Crippen molar-refractivity contribution >= 4 is 28.3 Å². The second-order valence-electron chi connectivity index (χ2n) is 6.87. The zero-order valence-electron chi connectivity index (χ0n) is 14.3. The molecule has 0 unspecified atom stereocenters. The molecule has 130 valence electrons. The van der Waals surface area contributed by atoms with Crippen molar-refractivity contribution in [2.24, 2.45) is 0 Å². The van der Waals surface area contributed by atoms with Crippen molar-refractivity contribution in [1.29, 1.82) is 0 Å². The summed E-state index contributed by atoms with van der Waals surface area (Å²) >= 11 is 1.73. The van der Waals surface area contributed by atoms with E-state index in [4.69, 9.17) is 0 Å². The zero-order chi connectivity index (χ0) is 16.8. The Labute approximate surface area is 150 Å². The molecule has 5 rings (SSSR count). The Morgan fingerprint density at radius 2 is 1.96 bits per heavy atom. The highest BCUT2D eigenvalue weighted by Gasteiger charge is 2.28. The molecule has 3 aromatic heterocycles. The Morgan fingerprint density at radius 3 is 2.68 bits per heavy atom. The van der Waals surface area contributed by atoms with Crippen molar-refractivity contribution in [3.05, 3.63) is 28.7 Å². The molecule has 1 aliphatic heterocycles. The van der Waals surface area contributed by atoms with Gasteiger partial charge in [-0.2, -0.15) is 0 Å². The normalized spacial score (nSPS) is 19.0. The highest BCUT2D eigenvalue weighted by molar-refractivity contribution is 7.09. The summed E-state index contributed by atoms with van der Waals surface area (Å²) in [6.07, 6.45) is 6.09. The van der Waals surface area contributed by atoms with Gasteiger partial charge < -0.3 is 9.47 Å². The smallest absolute Gasteiger partial charge is 0.165 e. The van der Waals surface area contributed by atoms with Gasteiger partial charge in [0.25, 0.3) is 0 Å². The van der Waals surface area contributed by atoms with Crippen LogP contribution in [-0.2, 0) is 6.54 Å². The number of thiazole rings is 1. The van der Waals surface area contributed by atoms with Crippen LogP contribution in [0.4, 0.5) is 5.82 Å². The summed E-state index contributed by atoms with van der Waals surface area (Å²) in [4.78, 5) is 23.0. The van der Waals surface area contributed by atoms with Crippen LogP contribution >= 0.6 is 11.3 Å². The van der Waals surface area contributed by atoms with Crippen LogP contribution in [0.2, 0.25) is 0 Å². The number of piperazine rings is 1. The zero-order valence-corrected chi connectivity index (χ0v) is 15.1. The molecule has 0 N–H and O–H groups in total. The van der Waals surface area contributed by atoms with Crippen LogP contribution in [0.1, 0.15) is 29.6 Å². The average Bonchev–Trinajstić information content (AvgIpc) is 3.25. The number of anilines is 1. The Hall–Kier alpha value is -2.06. The molecule has 0 radical (unpaired) electrons. The van der Waals surface area contributed by atoms with Crippen molar-refractivity contribution in [1.82, 2.24) is 29.4 Å². The second-order valence-corrected chi connectivity index (χ2v) is 7.94. The van der Waals surface area contributed by atoms with E-state index in [1.807, 2.05) is 6.33 Å². The summed E-state index contributed by atoms with van der Waals surface area (Å²) < 4.78 is 2.21. The third-order valence-corrected chi connectivity index (χ3v) is 5.83. The fourth-order valence-electron chi connectivity index (χ4n) is 3.52. The molecule has 4 heterocycles. The van der Waals surface area contributed by atoms with Crippen LogP contribution in [0.25, 0.3) is 11.2 Å². The topological polar surface area (TPSA) is 63.0 Å². The van der Waals surface area contributed by atoms with Gasteiger partial charge in [-0.3, -0.25) is 4.90 Å². The molecular weight excluding hydrogens is 334 g/mol. The van der Waals surface area contributed by atoms with Gasteiger partial charge in [0.2, 0.25) is 0 Å². The minimum atomic E-state index is 0.589. The van der Waals surface area contributed by atoms with Gasteiger partial charge >= 0.3 is 0 Å². The van der Waals surface area contributed by atoms with Crippen molar-refractivity contribution < 1.29 is 0 Å². The lowest BCUT2D eigenvalue weighted by Crippen LogP contribution is -2.46. The molecular formula is C17H21N7S. The Balaban J connectivity index is 1.31. The van der Waals surface area contributed by atoms with Gasteiger partial charge in [-0.15, -0.1) is 11.3 Å². The molecule has 3 aromatic rings. The summed E-state index contributed by atoms with van der Waals surface area (Å²) in [5, 5.41) is 3.31. The average molecular weight is 355 g/mol. The monoisotopic (exact) mass is 355 g/mol. The molecule has 0 amide bonds. The van der Waals surface area contributed by atoms with Gasteiger partial charge in [0, 0.05) is 44.1 Å². The summed E-state index contributed by atoms with van der Waals surface area (Å²) in [6.45, 7) is 6.97. The van der Waals surface area contributed by atoms with Crippen LogP contribution < -0.4 is 4.90 Å². The minimum Gasteiger partial charge on any atom is -0.352 e. The molecule has 2 fully saturated rings. The standard InChI is InChI=1S/C17H21N7S/c1-12-21-13(9-25-12)8-22-4-6-23(7-5-22)16-15-17(19-10-18-16)24(11-20-15)14-2-3-14/h9-11,14H,2-8H2,1H3. The van der Waals surface area contributed by atoms with Crippen molar-refractivity contribution in [3.63, 3.8) is 0 Å². The van der Waals surface area contributed by atoms with Crippen molar-refractivity contribution in [2.75, 3.05) is 31.1 Å². The van der Waals surface area contributed by atoms with E-state index < -0.39 is 0 Å². The van der Waals surface area contributed by atoms with E-state index in [-0.39, 0.29) is 0 Å². The first-order valence-corrected chi connectivity index (χ1v) is 9.72. The number of hydrogen-bond donors (Lipinski definition) is 0. The van der Waals surface area contributed by atoms with Crippen LogP contribution in [-0.4, -0.2) is 55.6 Å². The highest BCUT2D eigenvalue weighted by atomic mass is 32.1. The molecule has 1 aliphatic carbocycles. The lowest BCUT2D eigenvalue weighted by atomic mass is 10.3. The van der Waals surface area contributed by atoms with Crippen LogP contribution in [0.15, 0.2) is 18.0 Å². The number of fused-ring (bicyclic) bond motifs is 1. The van der Waals surface area contributed by atoms with Crippen molar-refractivity contribution in [2.45, 2.75) is 32.4 Å². The number of rotatable bonds is 4. The largest absolute Gasteiger partial charge is 0.352 e. The molecule has 1 saturated carbocycles. The van der Waals surface area contributed by atoms with Crippen molar-refractivity contribution in [3.8, 4) is 0 Å². The Morgan fingerprint density at radius 1 is 1.12 bits per heavy atom. The Kier molecular flexibility index (Phi) is 3.67. The molecule has 8 heteroatoms. The molecule has 1 saturated heterocycles. The number of nitrogens with zero attached hydrogens (tertiary/aromatic N) is 7. The first-order valence-electron chi connectivity index (χ1n) is 8.84. The number of aryl methyl sites for hydroxylation is 1. The van der Waals surface area contributed by atoms with Gasteiger partial charge in [-0.05, 0) is 19.8 Å². The SMILES string of the molecule is Cc1nc(CN2CCN(c3ncnc4c3ncn4C3CC3)CC2)cs1. The fraction of sp³-hybridized carbons (Fsp3) is 0.529. The van der Waals surface area contributed by atoms with Crippen LogP contribution in [0.5, 0.6) is 0 Å². The minimum absolute atomic E-state index is 0.589. The van der Waals surface area contributed by atoms with E-state index in [0.29, 0.717) is 6.04 Å². The van der Waals surface area contributed by atoms with E-state index in [9.17, 15) is 0 Å². The van der Waals surface area contributed by atoms with E-state index in [2.05, 4.69) is 46.6 Å². The predicted octanol–water partition coefficient (Wildman–Crippen LogP) is 2.25. The quantitative estimate of drug-likeness (QED) is 0.715. The van der Waals surface area contributed by atoms with Gasteiger partial charge in [-0.25, -0.2) is 19.9 Å². The summed E-state index contributed by atoms with van der Waals surface area (Å²) in [5.41, 5.74) is 3.11. The highest BCUT2D eigenvalue weighted by Crippen LogP contribution is 2.37. The maximum Gasteiger partial charge on any atom is 0.165 e. The number of imidazole rings is 1. The first kappa shape index (κ1) is 15.2. The Bertz CT molecular complexity index is 889. The lowest BCUT2D eigenvalue weighted by molar-refractivity contribution is 0.247. The lowest BCUT2D eigenvalue weighted by Gasteiger charge is -2.35. The maximum absolute atomic E-state index is 4.62. The third-order valence-electron chi connectivity index (χ3n) is 5.00. The summed E-state index contributed by atoms with van der Waals surface area (Å²) in [5.74, 6) is 0.980. The van der Waals surface area contributed by atoms with Crippen LogP contribution in [0, 0.1) is 6.92 Å². The van der Waals surface area contributed by atoms with Gasteiger partial charge in [-0.1, -0.05) is 0 Å². The summed E-state index contributed by atoms with van der Waals surface area (Å²) in [7, 11) is 0. The van der Waals surface area contributed by atoms with Crippen LogP contribution in [0.3, 0.4) is 0 Å². The van der Waals surface area contributed by atoms with Gasteiger partial charge in [0.05, 0.1) is 17.0 Å². The fourth-order valence-corrected chi connectivity index (χ4v) is 4.12. The second kappa shape index (κ2) is 6.03. The number of hydrogen-bond acceptors (Lipinski definition) is 7. The van der Waals surface area contributed by atoms with Gasteiger partial charge in [0.15, 0.2) is 17.0 Å². The molecule has 0 bridgehead atoms. The van der Waals surface area contributed by atoms with E-state index in [0.717, 1.165) is 54.7 Å². The molecule has 7 nitrogen and oxygen atoms in total. The predicted molar refractivity (Wildman–Crippen MR) is 97.9 cm³/mol. The summed E-state index contributed by atoms with van der Waals surface area (Å²) in [6, 6.07) is 0.589. The maximum atomic E-state index is 4.62. The molecule has 25 heavy (non-hydrogen) atoms. The van der Waals surface area contributed by atoms with E-state index >= 15 is 0 Å². The molecule has 0 atom stereocenters. The molecule has 0 spiro atoms. The van der Waals surface area contributed by atoms with E-state index in [1.54, 1.807) is 17.7 Å². The third kappa shape index (κ3) is 2.89. The molecule has 0 aromatic carbocycles. The molecule has 2 aliphatic rings. The van der Waals surface area contributed by atoms with Gasteiger partial charge in [0.1, 0.15) is 6.33 Å². The number of aromatic nitrogens is 5. The first-order chi connectivity index (χ1) is 12.3. The van der Waals surface area contributed by atoms with E-state index in [1.165, 1.54) is 18.5 Å².